The molecule has 1 N–H and O–H groups in total. The van der Waals surface area contributed by atoms with Gasteiger partial charge in [-0.05, 0) is 68.3 Å². The maximum absolute atomic E-state index is 12.9. The van der Waals surface area contributed by atoms with E-state index in [1.807, 2.05) is 36.1 Å². The molecule has 3 aromatic rings. The molecular weight excluding hydrogens is 428 g/mol. The summed E-state index contributed by atoms with van der Waals surface area (Å²) >= 11 is 6.08. The monoisotopic (exact) mass is 452 g/mol. The van der Waals surface area contributed by atoms with Crippen LogP contribution in [0.15, 0.2) is 65.5 Å². The number of aromatic nitrogens is 2. The highest BCUT2D eigenvalue weighted by molar-refractivity contribution is 6.30. The minimum Gasteiger partial charge on any atom is -0.494 e. The third kappa shape index (κ3) is 5.11. The van der Waals surface area contributed by atoms with E-state index >= 15 is 0 Å². The van der Waals surface area contributed by atoms with Gasteiger partial charge in [0.2, 0.25) is 5.91 Å². The molecule has 32 heavy (non-hydrogen) atoms. The summed E-state index contributed by atoms with van der Waals surface area (Å²) < 4.78 is 6.78. The highest BCUT2D eigenvalue weighted by Gasteiger charge is 2.27. The van der Waals surface area contributed by atoms with Crippen molar-refractivity contribution in [3.8, 4) is 11.4 Å². The summed E-state index contributed by atoms with van der Waals surface area (Å²) in [5, 5.41) is 8.07. The summed E-state index contributed by atoms with van der Waals surface area (Å²) in [7, 11) is 0. The average molecular weight is 453 g/mol. The van der Waals surface area contributed by atoms with Gasteiger partial charge in [-0.2, -0.15) is 4.68 Å². The Balaban J connectivity index is 1.47. The number of hydrogen-bond acceptors (Lipinski definition) is 5. The van der Waals surface area contributed by atoms with Crippen LogP contribution in [0.5, 0.6) is 5.75 Å². The number of rotatable bonds is 6. The first-order valence-corrected chi connectivity index (χ1v) is 11.1. The number of nitrogens with zero attached hydrogens (tertiary/aromatic N) is 3. The quantitative estimate of drug-likeness (QED) is 0.608. The van der Waals surface area contributed by atoms with Gasteiger partial charge in [0.1, 0.15) is 11.6 Å². The topological polar surface area (TPSA) is 76.5 Å². The molecule has 1 aromatic heterocycles. The molecule has 2 aromatic carbocycles. The lowest BCUT2D eigenvalue weighted by molar-refractivity contribution is -0.120. The van der Waals surface area contributed by atoms with E-state index in [0.717, 1.165) is 30.8 Å². The molecular formula is C24H25ClN4O3. The Labute approximate surface area is 191 Å². The Morgan fingerprint density at radius 3 is 2.75 bits per heavy atom. The van der Waals surface area contributed by atoms with Crippen LogP contribution in [0.4, 0.5) is 11.5 Å². The number of anilines is 2. The molecule has 0 spiro atoms. The van der Waals surface area contributed by atoms with E-state index in [2.05, 4.69) is 10.4 Å². The summed E-state index contributed by atoms with van der Waals surface area (Å²) in [4.78, 5) is 27.3. The van der Waals surface area contributed by atoms with Crippen LogP contribution in [0, 0.1) is 5.92 Å². The molecule has 8 heteroatoms. The van der Waals surface area contributed by atoms with E-state index in [0.29, 0.717) is 29.7 Å². The molecule has 0 bridgehead atoms. The summed E-state index contributed by atoms with van der Waals surface area (Å²) in [6, 6.07) is 17.6. The van der Waals surface area contributed by atoms with Crippen LogP contribution in [-0.4, -0.2) is 35.4 Å². The maximum atomic E-state index is 12.9. The Hall–Kier alpha value is -3.32. The van der Waals surface area contributed by atoms with Gasteiger partial charge in [0.05, 0.1) is 18.2 Å². The van der Waals surface area contributed by atoms with Crippen LogP contribution in [0.2, 0.25) is 5.02 Å². The number of carbonyl (C=O) groups excluding carboxylic acids is 1. The van der Waals surface area contributed by atoms with Crippen molar-refractivity contribution in [3.05, 3.63) is 76.0 Å². The van der Waals surface area contributed by atoms with E-state index in [-0.39, 0.29) is 17.4 Å². The number of piperidine rings is 1. The molecule has 0 radical (unpaired) electrons. The van der Waals surface area contributed by atoms with Gasteiger partial charge < -0.3 is 15.0 Å². The number of nitrogens with one attached hydrogen (secondary N) is 1. The van der Waals surface area contributed by atoms with Crippen molar-refractivity contribution in [2.75, 3.05) is 29.9 Å². The number of hydrogen-bond donors (Lipinski definition) is 1. The lowest BCUT2D eigenvalue weighted by Gasteiger charge is -2.33. The number of carbonyl (C=O) groups is 1. The first kappa shape index (κ1) is 21.9. The highest BCUT2D eigenvalue weighted by Crippen LogP contribution is 2.24. The van der Waals surface area contributed by atoms with E-state index in [1.165, 1.54) is 10.7 Å². The third-order valence-corrected chi connectivity index (χ3v) is 5.62. The van der Waals surface area contributed by atoms with E-state index in [1.54, 1.807) is 30.3 Å². The minimum absolute atomic E-state index is 0.0259. The lowest BCUT2D eigenvalue weighted by Crippen LogP contribution is -2.41. The van der Waals surface area contributed by atoms with Crippen molar-refractivity contribution in [1.29, 1.82) is 0 Å². The van der Waals surface area contributed by atoms with Gasteiger partial charge in [-0.1, -0.05) is 17.7 Å². The molecule has 0 saturated carbocycles. The fourth-order valence-corrected chi connectivity index (χ4v) is 3.99. The van der Waals surface area contributed by atoms with Crippen LogP contribution in [0.25, 0.3) is 5.69 Å². The van der Waals surface area contributed by atoms with Gasteiger partial charge in [-0.3, -0.25) is 9.59 Å². The van der Waals surface area contributed by atoms with Crippen molar-refractivity contribution in [2.45, 2.75) is 19.8 Å². The van der Waals surface area contributed by atoms with Gasteiger partial charge >= 0.3 is 0 Å². The van der Waals surface area contributed by atoms with E-state index in [9.17, 15) is 9.59 Å². The molecule has 4 rings (SSSR count). The molecule has 1 fully saturated rings. The second-order valence-electron chi connectivity index (χ2n) is 7.65. The summed E-state index contributed by atoms with van der Waals surface area (Å²) in [5.41, 5.74) is 1.10. The van der Waals surface area contributed by atoms with Gasteiger partial charge in [-0.25, -0.2) is 0 Å². The van der Waals surface area contributed by atoms with Crippen LogP contribution in [-0.2, 0) is 4.79 Å². The second-order valence-corrected chi connectivity index (χ2v) is 8.09. The largest absolute Gasteiger partial charge is 0.494 e. The molecule has 2 heterocycles. The summed E-state index contributed by atoms with van der Waals surface area (Å²) in [5.74, 6) is 1.23. The summed E-state index contributed by atoms with van der Waals surface area (Å²) in [6.45, 7) is 3.83. The molecule has 0 aliphatic carbocycles. The molecule has 0 unspecified atom stereocenters. The number of halogens is 1. The van der Waals surface area contributed by atoms with Crippen molar-refractivity contribution < 1.29 is 9.53 Å². The Morgan fingerprint density at radius 1 is 1.19 bits per heavy atom. The predicted molar refractivity (Wildman–Crippen MR) is 126 cm³/mol. The van der Waals surface area contributed by atoms with Crippen LogP contribution < -0.4 is 20.5 Å². The zero-order chi connectivity index (χ0) is 22.5. The first-order chi connectivity index (χ1) is 15.5. The standard InChI is InChI=1S/C24H25ClN4O3/c1-2-32-21-10-8-19(9-11-21)26-24(31)17-5-4-14-28(16-17)22-12-13-23(30)29(27-22)20-7-3-6-18(25)15-20/h3,6-13,15,17H,2,4-5,14,16H2,1H3,(H,26,31)/t17-/m1/s1. The minimum atomic E-state index is -0.238. The Morgan fingerprint density at radius 2 is 2.00 bits per heavy atom. The van der Waals surface area contributed by atoms with Crippen LogP contribution in [0.3, 0.4) is 0 Å². The average Bonchev–Trinajstić information content (AvgIpc) is 2.81. The van der Waals surface area contributed by atoms with Gasteiger partial charge in [0.25, 0.3) is 5.56 Å². The molecule has 1 aliphatic heterocycles. The van der Waals surface area contributed by atoms with Crippen molar-refractivity contribution >= 4 is 29.0 Å². The van der Waals surface area contributed by atoms with Crippen molar-refractivity contribution in [3.63, 3.8) is 0 Å². The summed E-state index contributed by atoms with van der Waals surface area (Å²) in [6.07, 6.45) is 1.66. The normalized spacial score (nSPS) is 15.9. The first-order valence-electron chi connectivity index (χ1n) is 10.7. The highest BCUT2D eigenvalue weighted by atomic mass is 35.5. The molecule has 1 aliphatic rings. The van der Waals surface area contributed by atoms with Gasteiger partial charge in [0, 0.05) is 29.9 Å². The number of benzene rings is 2. The van der Waals surface area contributed by atoms with Gasteiger partial charge in [0.15, 0.2) is 0 Å². The van der Waals surface area contributed by atoms with Crippen LogP contribution in [0.1, 0.15) is 19.8 Å². The maximum Gasteiger partial charge on any atom is 0.271 e. The van der Waals surface area contributed by atoms with Crippen molar-refractivity contribution in [2.24, 2.45) is 5.92 Å². The molecule has 1 atom stereocenters. The zero-order valence-corrected chi connectivity index (χ0v) is 18.6. The Bertz CT molecular complexity index is 1150. The van der Waals surface area contributed by atoms with Gasteiger partial charge in [-0.15, -0.1) is 5.10 Å². The van der Waals surface area contributed by atoms with Crippen molar-refractivity contribution in [1.82, 2.24) is 9.78 Å². The molecule has 166 valence electrons. The lowest BCUT2D eigenvalue weighted by atomic mass is 9.97. The van der Waals surface area contributed by atoms with E-state index < -0.39 is 0 Å². The molecule has 1 saturated heterocycles. The smallest absolute Gasteiger partial charge is 0.271 e. The molecule has 1 amide bonds. The fourth-order valence-electron chi connectivity index (χ4n) is 3.81. The van der Waals surface area contributed by atoms with Crippen LogP contribution >= 0.6 is 11.6 Å². The second kappa shape index (κ2) is 9.87. The van der Waals surface area contributed by atoms with E-state index in [4.69, 9.17) is 16.3 Å². The third-order valence-electron chi connectivity index (χ3n) is 5.39. The SMILES string of the molecule is CCOc1ccc(NC(=O)[C@@H]2CCCN(c3ccc(=O)n(-c4cccc(Cl)c4)n3)C2)cc1. The fraction of sp³-hybridized carbons (Fsp3) is 0.292. The number of ether oxygens (including phenoxy) is 1. The zero-order valence-electron chi connectivity index (χ0n) is 17.8. The number of amides is 1. The molecule has 7 nitrogen and oxygen atoms in total. The predicted octanol–water partition coefficient (Wildman–Crippen LogP) is 4.14. The Kier molecular flexibility index (Phi) is 6.75.